The Bertz CT molecular complexity index is 703. The van der Waals surface area contributed by atoms with Crippen LogP contribution in [-0.4, -0.2) is 52.4 Å². The van der Waals surface area contributed by atoms with Gasteiger partial charge in [0.1, 0.15) is 17.6 Å². The number of rotatable bonds is 3. The van der Waals surface area contributed by atoms with Crippen LogP contribution in [0.3, 0.4) is 0 Å². The molecule has 1 saturated heterocycles. The second kappa shape index (κ2) is 5.25. The lowest BCUT2D eigenvalue weighted by Crippen LogP contribution is -2.55. The normalized spacial score (nSPS) is 14.9. The van der Waals surface area contributed by atoms with Gasteiger partial charge in [0.05, 0.1) is 25.7 Å². The van der Waals surface area contributed by atoms with Gasteiger partial charge in [0.2, 0.25) is 0 Å². The number of fused-ring (bicyclic) bond motifs is 1. The van der Waals surface area contributed by atoms with Gasteiger partial charge in [-0.2, -0.15) is 0 Å². The van der Waals surface area contributed by atoms with Crippen LogP contribution in [0, 0.1) is 0 Å². The smallest absolute Gasteiger partial charge is 0.407 e. The Morgan fingerprint density at radius 3 is 2.81 bits per heavy atom. The number of ether oxygens (including phenoxy) is 2. The van der Waals surface area contributed by atoms with E-state index in [9.17, 15) is 4.79 Å². The summed E-state index contributed by atoms with van der Waals surface area (Å²) in [4.78, 5) is 20.1. The second-order valence-electron chi connectivity index (χ2n) is 4.61. The number of likely N-dealkylation sites (tertiary alicyclic amines) is 1. The molecule has 1 aromatic heterocycles. The Kier molecular flexibility index (Phi) is 3.42. The maximum Gasteiger partial charge on any atom is 0.407 e. The van der Waals surface area contributed by atoms with Crippen LogP contribution in [0.4, 0.5) is 4.79 Å². The highest BCUT2D eigenvalue weighted by Crippen LogP contribution is 2.35. The van der Waals surface area contributed by atoms with Gasteiger partial charge in [0.15, 0.2) is 11.5 Å². The molecule has 7 nitrogen and oxygen atoms in total. The molecule has 0 bridgehead atoms. The highest BCUT2D eigenvalue weighted by Gasteiger charge is 2.32. The number of amides is 1. The van der Waals surface area contributed by atoms with Crippen molar-refractivity contribution >= 4 is 28.6 Å². The largest absolute Gasteiger partial charge is 0.493 e. The van der Waals surface area contributed by atoms with Crippen molar-refractivity contribution in [3.63, 3.8) is 0 Å². The van der Waals surface area contributed by atoms with Crippen molar-refractivity contribution in [1.82, 2.24) is 14.9 Å². The summed E-state index contributed by atoms with van der Waals surface area (Å²) in [5.74, 6) is 1.02. The first-order valence-corrected chi connectivity index (χ1v) is 6.59. The van der Waals surface area contributed by atoms with Crippen LogP contribution < -0.4 is 9.47 Å². The van der Waals surface area contributed by atoms with Gasteiger partial charge >= 0.3 is 6.09 Å². The van der Waals surface area contributed by atoms with Gasteiger partial charge < -0.3 is 19.5 Å². The summed E-state index contributed by atoms with van der Waals surface area (Å²) in [6.45, 7) is 0.658. The fraction of sp³-hybridized carbons (Fsp3) is 0.308. The summed E-state index contributed by atoms with van der Waals surface area (Å²) >= 11 is 6.04. The fourth-order valence-corrected chi connectivity index (χ4v) is 2.33. The zero-order valence-corrected chi connectivity index (χ0v) is 11.9. The van der Waals surface area contributed by atoms with Gasteiger partial charge in [-0.25, -0.2) is 14.8 Å². The van der Waals surface area contributed by atoms with Crippen LogP contribution >= 0.6 is 11.6 Å². The first-order valence-electron chi connectivity index (χ1n) is 6.21. The molecule has 1 fully saturated rings. The lowest BCUT2D eigenvalue weighted by Gasteiger charge is -2.37. The van der Waals surface area contributed by atoms with Crippen molar-refractivity contribution in [3.05, 3.63) is 23.6 Å². The van der Waals surface area contributed by atoms with Crippen molar-refractivity contribution in [2.75, 3.05) is 20.2 Å². The quantitative estimate of drug-likeness (QED) is 0.873. The topological polar surface area (TPSA) is 84.8 Å². The summed E-state index contributed by atoms with van der Waals surface area (Å²) in [6, 6.07) is 3.42. The van der Waals surface area contributed by atoms with Gasteiger partial charge in [0.25, 0.3) is 0 Å². The van der Waals surface area contributed by atoms with Crippen molar-refractivity contribution in [2.24, 2.45) is 0 Å². The second-order valence-corrected chi connectivity index (χ2v) is 4.97. The lowest BCUT2D eigenvalue weighted by atomic mass is 10.1. The van der Waals surface area contributed by atoms with Gasteiger partial charge in [-0.15, -0.1) is 0 Å². The standard InChI is InChI=1S/C13H12ClN3O4/c1-20-10-3-9-8(12(14)16-6-15-9)2-11(10)21-7-4-17(5-7)13(18)19/h2-3,6-7H,4-5H2,1H3,(H,18,19). The number of benzene rings is 1. The molecule has 21 heavy (non-hydrogen) atoms. The number of hydrogen-bond acceptors (Lipinski definition) is 5. The third kappa shape index (κ3) is 2.52. The third-order valence-electron chi connectivity index (χ3n) is 3.28. The molecule has 0 spiro atoms. The number of nitrogens with zero attached hydrogens (tertiary/aromatic N) is 3. The number of hydrogen-bond donors (Lipinski definition) is 1. The molecular weight excluding hydrogens is 298 g/mol. The molecule has 2 heterocycles. The van der Waals surface area contributed by atoms with Crippen molar-refractivity contribution in [2.45, 2.75) is 6.10 Å². The first-order chi connectivity index (χ1) is 10.1. The monoisotopic (exact) mass is 309 g/mol. The Morgan fingerprint density at radius 1 is 1.38 bits per heavy atom. The zero-order valence-electron chi connectivity index (χ0n) is 11.1. The maximum atomic E-state index is 10.7. The molecule has 3 rings (SSSR count). The predicted octanol–water partition coefficient (Wildman–Crippen LogP) is 2.03. The summed E-state index contributed by atoms with van der Waals surface area (Å²) in [5.41, 5.74) is 0.653. The van der Waals surface area contributed by atoms with Gasteiger partial charge in [-0.3, -0.25) is 0 Å². The van der Waals surface area contributed by atoms with Crippen LogP contribution in [0.25, 0.3) is 10.9 Å². The molecule has 1 aromatic carbocycles. The minimum Gasteiger partial charge on any atom is -0.493 e. The molecule has 0 saturated carbocycles. The van der Waals surface area contributed by atoms with E-state index in [1.807, 2.05) is 0 Å². The summed E-state index contributed by atoms with van der Waals surface area (Å²) in [7, 11) is 1.53. The minimum absolute atomic E-state index is 0.198. The van der Waals surface area contributed by atoms with Gasteiger partial charge in [-0.1, -0.05) is 11.6 Å². The molecule has 0 unspecified atom stereocenters. The van der Waals surface area contributed by atoms with E-state index in [4.69, 9.17) is 26.2 Å². The Labute approximate surface area is 125 Å². The molecule has 1 N–H and O–H groups in total. The molecule has 110 valence electrons. The molecule has 1 aliphatic rings. The Morgan fingerprint density at radius 2 is 2.14 bits per heavy atom. The first kappa shape index (κ1) is 13.7. The van der Waals surface area contributed by atoms with Crippen LogP contribution in [0.15, 0.2) is 18.5 Å². The molecule has 0 atom stereocenters. The van der Waals surface area contributed by atoms with Crippen molar-refractivity contribution in [3.8, 4) is 11.5 Å². The highest BCUT2D eigenvalue weighted by atomic mass is 35.5. The average Bonchev–Trinajstić information content (AvgIpc) is 2.41. The summed E-state index contributed by atoms with van der Waals surface area (Å²) in [5, 5.41) is 9.79. The molecular formula is C13H12ClN3O4. The van der Waals surface area contributed by atoms with E-state index < -0.39 is 6.09 Å². The highest BCUT2D eigenvalue weighted by molar-refractivity contribution is 6.34. The van der Waals surface area contributed by atoms with E-state index >= 15 is 0 Å². The van der Waals surface area contributed by atoms with Crippen molar-refractivity contribution in [1.29, 1.82) is 0 Å². The van der Waals surface area contributed by atoms with E-state index in [1.54, 1.807) is 12.1 Å². The molecule has 0 radical (unpaired) electrons. The average molecular weight is 310 g/mol. The molecule has 8 heteroatoms. The molecule has 2 aromatic rings. The van der Waals surface area contributed by atoms with Crippen LogP contribution in [0.1, 0.15) is 0 Å². The number of methoxy groups -OCH3 is 1. The number of halogens is 1. The van der Waals surface area contributed by atoms with E-state index in [-0.39, 0.29) is 6.10 Å². The van der Waals surface area contributed by atoms with E-state index in [0.717, 1.165) is 0 Å². The zero-order chi connectivity index (χ0) is 15.0. The van der Waals surface area contributed by atoms with E-state index in [2.05, 4.69) is 9.97 Å². The third-order valence-corrected chi connectivity index (χ3v) is 3.59. The molecule has 0 aliphatic carbocycles. The van der Waals surface area contributed by atoms with Crippen LogP contribution in [0.5, 0.6) is 11.5 Å². The lowest BCUT2D eigenvalue weighted by molar-refractivity contribution is 0.0240. The number of carbonyl (C=O) groups is 1. The SMILES string of the molecule is COc1cc2ncnc(Cl)c2cc1OC1CN(C(=O)O)C1. The fourth-order valence-electron chi connectivity index (χ4n) is 2.13. The van der Waals surface area contributed by atoms with E-state index in [0.29, 0.717) is 40.6 Å². The summed E-state index contributed by atoms with van der Waals surface area (Å²) in [6.07, 6.45) is 0.231. The summed E-state index contributed by atoms with van der Waals surface area (Å²) < 4.78 is 11.1. The van der Waals surface area contributed by atoms with Gasteiger partial charge in [0, 0.05) is 11.5 Å². The van der Waals surface area contributed by atoms with Crippen LogP contribution in [-0.2, 0) is 0 Å². The van der Waals surface area contributed by atoms with E-state index in [1.165, 1.54) is 18.3 Å². The van der Waals surface area contributed by atoms with Crippen LogP contribution in [0.2, 0.25) is 5.15 Å². The Hall–Kier alpha value is -2.28. The predicted molar refractivity (Wildman–Crippen MR) is 75.1 cm³/mol. The van der Waals surface area contributed by atoms with Crippen molar-refractivity contribution < 1.29 is 19.4 Å². The number of carboxylic acid groups (broad SMARTS) is 1. The Balaban J connectivity index is 1.87. The number of aromatic nitrogens is 2. The van der Waals surface area contributed by atoms with Gasteiger partial charge in [-0.05, 0) is 6.07 Å². The molecule has 1 aliphatic heterocycles. The minimum atomic E-state index is -0.947. The maximum absolute atomic E-state index is 10.7. The molecule has 1 amide bonds.